The molecule has 1 aliphatic rings. The number of sulfone groups is 1. The number of nitrogens with zero attached hydrogens (tertiary/aromatic N) is 1. The first-order valence-electron chi connectivity index (χ1n) is 5.56. The molecule has 0 unspecified atom stereocenters. The van der Waals surface area contributed by atoms with Gasteiger partial charge in [0.25, 0.3) is 5.56 Å². The molecule has 0 aliphatic heterocycles. The standard InChI is InChI=1S/C10H13N3O4S/c1-2-18(16,17)10-12-8(11-6-3-4-6)7(5-14)9(15)13-10/h5-6H,2-4H2,1H3,(H2,11,12,13,15). The number of carbonyl (C=O) groups excluding carboxylic acids is 1. The lowest BCUT2D eigenvalue weighted by Crippen LogP contribution is -2.23. The Kier molecular flexibility index (Phi) is 3.20. The highest BCUT2D eigenvalue weighted by Gasteiger charge is 2.25. The number of aldehydes is 1. The summed E-state index contributed by atoms with van der Waals surface area (Å²) in [4.78, 5) is 28.4. The molecule has 1 aromatic rings. The molecule has 0 bridgehead atoms. The van der Waals surface area contributed by atoms with E-state index in [2.05, 4.69) is 15.3 Å². The summed E-state index contributed by atoms with van der Waals surface area (Å²) in [6.45, 7) is 1.46. The highest BCUT2D eigenvalue weighted by molar-refractivity contribution is 7.91. The molecule has 0 radical (unpaired) electrons. The monoisotopic (exact) mass is 271 g/mol. The quantitative estimate of drug-likeness (QED) is 0.574. The molecule has 0 saturated heterocycles. The number of hydrogen-bond donors (Lipinski definition) is 2. The number of aromatic amines is 1. The van der Waals surface area contributed by atoms with Gasteiger partial charge in [0.15, 0.2) is 6.29 Å². The summed E-state index contributed by atoms with van der Waals surface area (Å²) in [6.07, 6.45) is 2.21. The van der Waals surface area contributed by atoms with E-state index >= 15 is 0 Å². The molecule has 18 heavy (non-hydrogen) atoms. The SMILES string of the molecule is CCS(=O)(=O)c1nc(NC2CC2)c(C=O)c(=O)[nH]1. The van der Waals surface area contributed by atoms with Crippen molar-refractivity contribution in [2.24, 2.45) is 0 Å². The van der Waals surface area contributed by atoms with Crippen molar-refractivity contribution in [3.63, 3.8) is 0 Å². The van der Waals surface area contributed by atoms with Gasteiger partial charge in [0.2, 0.25) is 15.0 Å². The van der Waals surface area contributed by atoms with E-state index in [1.165, 1.54) is 6.92 Å². The van der Waals surface area contributed by atoms with Crippen LogP contribution in [0.15, 0.2) is 9.95 Å². The minimum atomic E-state index is -3.61. The highest BCUT2D eigenvalue weighted by Crippen LogP contribution is 2.24. The molecule has 0 atom stereocenters. The first-order chi connectivity index (χ1) is 8.47. The summed E-state index contributed by atoms with van der Waals surface area (Å²) in [7, 11) is -3.61. The van der Waals surface area contributed by atoms with Gasteiger partial charge in [0.05, 0.1) is 5.75 Å². The molecule has 7 nitrogen and oxygen atoms in total. The third-order valence-electron chi connectivity index (χ3n) is 2.64. The predicted octanol–water partition coefficient (Wildman–Crippen LogP) is -0.0497. The average Bonchev–Trinajstić information content (AvgIpc) is 3.12. The van der Waals surface area contributed by atoms with Crippen molar-refractivity contribution < 1.29 is 13.2 Å². The van der Waals surface area contributed by atoms with Gasteiger partial charge in [-0.3, -0.25) is 14.6 Å². The van der Waals surface area contributed by atoms with Gasteiger partial charge in [0, 0.05) is 6.04 Å². The number of nitrogens with one attached hydrogen (secondary N) is 2. The number of anilines is 1. The van der Waals surface area contributed by atoms with Crippen LogP contribution in [0.1, 0.15) is 30.1 Å². The van der Waals surface area contributed by atoms with Gasteiger partial charge in [-0.2, -0.15) is 0 Å². The van der Waals surface area contributed by atoms with Crippen LogP contribution in [-0.4, -0.2) is 36.5 Å². The van der Waals surface area contributed by atoms with Crippen LogP contribution in [-0.2, 0) is 9.84 Å². The molecule has 2 rings (SSSR count). The smallest absolute Gasteiger partial charge is 0.264 e. The molecule has 2 N–H and O–H groups in total. The normalized spacial score (nSPS) is 15.4. The van der Waals surface area contributed by atoms with Crippen LogP contribution < -0.4 is 10.9 Å². The van der Waals surface area contributed by atoms with E-state index in [1.807, 2.05) is 0 Å². The second-order valence-corrected chi connectivity index (χ2v) is 6.27. The minimum absolute atomic E-state index is 0.0447. The van der Waals surface area contributed by atoms with Crippen molar-refractivity contribution in [3.8, 4) is 0 Å². The van der Waals surface area contributed by atoms with Gasteiger partial charge in [-0.05, 0) is 12.8 Å². The van der Waals surface area contributed by atoms with Gasteiger partial charge in [0.1, 0.15) is 11.4 Å². The zero-order valence-corrected chi connectivity index (χ0v) is 10.6. The Morgan fingerprint density at radius 2 is 2.17 bits per heavy atom. The number of carbonyl (C=O) groups is 1. The number of rotatable bonds is 5. The number of H-pyrrole nitrogens is 1. The Bertz CT molecular complexity index is 631. The number of hydrogen-bond acceptors (Lipinski definition) is 6. The van der Waals surface area contributed by atoms with E-state index in [0.717, 1.165) is 12.8 Å². The molecule has 0 amide bonds. The summed E-state index contributed by atoms with van der Waals surface area (Å²) in [5, 5.41) is 2.49. The van der Waals surface area contributed by atoms with E-state index in [1.54, 1.807) is 0 Å². The van der Waals surface area contributed by atoms with Gasteiger partial charge in [-0.1, -0.05) is 6.92 Å². The number of aromatic nitrogens is 2. The predicted molar refractivity (Wildman–Crippen MR) is 64.6 cm³/mol. The fraction of sp³-hybridized carbons (Fsp3) is 0.500. The summed E-state index contributed by atoms with van der Waals surface area (Å²) in [6, 6.07) is 0.162. The molecule has 8 heteroatoms. The first kappa shape index (κ1) is 12.7. The zero-order valence-electron chi connectivity index (χ0n) is 9.76. The van der Waals surface area contributed by atoms with E-state index in [4.69, 9.17) is 0 Å². The molecule has 0 aromatic carbocycles. The Balaban J connectivity index is 2.54. The lowest BCUT2D eigenvalue weighted by Gasteiger charge is -2.08. The molecule has 98 valence electrons. The highest BCUT2D eigenvalue weighted by atomic mass is 32.2. The van der Waals surface area contributed by atoms with Crippen molar-refractivity contribution in [2.45, 2.75) is 31.0 Å². The summed E-state index contributed by atoms with van der Waals surface area (Å²) < 4.78 is 23.3. The molecule has 0 spiro atoms. The van der Waals surface area contributed by atoms with Crippen molar-refractivity contribution in [3.05, 3.63) is 15.9 Å². The second kappa shape index (κ2) is 4.52. The van der Waals surface area contributed by atoms with E-state index in [0.29, 0.717) is 6.29 Å². The molecule has 1 saturated carbocycles. The van der Waals surface area contributed by atoms with Crippen LogP contribution in [0.2, 0.25) is 0 Å². The van der Waals surface area contributed by atoms with Crippen molar-refractivity contribution in [1.82, 2.24) is 9.97 Å². The third-order valence-corrected chi connectivity index (χ3v) is 4.19. The van der Waals surface area contributed by atoms with E-state index in [9.17, 15) is 18.0 Å². The van der Waals surface area contributed by atoms with E-state index < -0.39 is 20.6 Å². The molecular weight excluding hydrogens is 258 g/mol. The van der Waals surface area contributed by atoms with Crippen molar-refractivity contribution in [2.75, 3.05) is 11.1 Å². The zero-order chi connectivity index (χ0) is 13.3. The van der Waals surface area contributed by atoms with Crippen LogP contribution in [0.3, 0.4) is 0 Å². The Morgan fingerprint density at radius 3 is 2.67 bits per heavy atom. The molecule has 1 heterocycles. The summed E-state index contributed by atoms with van der Waals surface area (Å²) in [5.41, 5.74) is -0.910. The molecule has 1 aromatic heterocycles. The van der Waals surface area contributed by atoms with Gasteiger partial charge in [-0.25, -0.2) is 13.4 Å². The van der Waals surface area contributed by atoms with Gasteiger partial charge in [-0.15, -0.1) is 0 Å². The maximum Gasteiger partial charge on any atom is 0.264 e. The van der Waals surface area contributed by atoms with Crippen LogP contribution in [0.4, 0.5) is 5.82 Å². The first-order valence-corrected chi connectivity index (χ1v) is 7.22. The second-order valence-electron chi connectivity index (χ2n) is 4.07. The molecule has 1 fully saturated rings. The summed E-state index contributed by atoms with van der Waals surface area (Å²) >= 11 is 0. The molecule has 1 aliphatic carbocycles. The maximum atomic E-state index is 11.7. The lowest BCUT2D eigenvalue weighted by atomic mass is 10.3. The van der Waals surface area contributed by atoms with Crippen LogP contribution in [0.25, 0.3) is 0 Å². The maximum absolute atomic E-state index is 11.7. The average molecular weight is 271 g/mol. The van der Waals surface area contributed by atoms with Gasteiger partial charge >= 0.3 is 0 Å². The Hall–Kier alpha value is -1.70. The van der Waals surface area contributed by atoms with Crippen LogP contribution >= 0.6 is 0 Å². The fourth-order valence-electron chi connectivity index (χ4n) is 1.39. The lowest BCUT2D eigenvalue weighted by molar-refractivity contribution is 0.112. The Morgan fingerprint density at radius 1 is 1.50 bits per heavy atom. The van der Waals surface area contributed by atoms with Crippen molar-refractivity contribution >= 4 is 21.9 Å². The largest absolute Gasteiger partial charge is 0.366 e. The van der Waals surface area contributed by atoms with E-state index in [-0.39, 0.29) is 23.2 Å². The topological polar surface area (TPSA) is 109 Å². The van der Waals surface area contributed by atoms with Crippen LogP contribution in [0.5, 0.6) is 0 Å². The fourth-order valence-corrected chi connectivity index (χ4v) is 2.14. The van der Waals surface area contributed by atoms with Crippen LogP contribution in [0, 0.1) is 0 Å². The minimum Gasteiger partial charge on any atom is -0.366 e. The third kappa shape index (κ3) is 2.42. The van der Waals surface area contributed by atoms with Gasteiger partial charge < -0.3 is 5.32 Å². The molecular formula is C10H13N3O4S. The Labute approximate surface area is 104 Å². The summed E-state index contributed by atoms with van der Waals surface area (Å²) in [5.74, 6) is -0.123. The van der Waals surface area contributed by atoms with Crippen molar-refractivity contribution in [1.29, 1.82) is 0 Å².